The summed E-state index contributed by atoms with van der Waals surface area (Å²) in [6.07, 6.45) is 1.96. The van der Waals surface area contributed by atoms with E-state index >= 15 is 0 Å². The van der Waals surface area contributed by atoms with Gasteiger partial charge in [-0.25, -0.2) is 4.98 Å². The maximum atomic E-state index is 11.5. The largest absolute Gasteiger partial charge is 0.466 e. The topological polar surface area (TPSA) is 66.8 Å². The van der Waals surface area contributed by atoms with Crippen molar-refractivity contribution < 1.29 is 9.53 Å². The molecule has 1 N–H and O–H groups in total. The third kappa shape index (κ3) is 7.05. The van der Waals surface area contributed by atoms with Gasteiger partial charge in [0.15, 0.2) is 0 Å². The third-order valence-electron chi connectivity index (χ3n) is 4.20. The van der Waals surface area contributed by atoms with Crippen LogP contribution in [-0.2, 0) is 22.5 Å². The molecule has 0 radical (unpaired) electrons. The first-order chi connectivity index (χ1) is 13.4. The molecule has 0 bridgehead atoms. The lowest BCUT2D eigenvalue weighted by Crippen LogP contribution is -2.36. The SMILES string of the molecule is CCOC(=O)Cc1csc(NN=Cc2cccc(CN(C(C)C)C(C)C)c2)n1. The van der Waals surface area contributed by atoms with Crippen molar-refractivity contribution in [3.63, 3.8) is 0 Å². The summed E-state index contributed by atoms with van der Waals surface area (Å²) in [5.41, 5.74) is 5.91. The van der Waals surface area contributed by atoms with E-state index in [1.807, 2.05) is 11.4 Å². The normalized spacial score (nSPS) is 11.7. The molecule has 0 amide bonds. The summed E-state index contributed by atoms with van der Waals surface area (Å²) in [5.74, 6) is -0.267. The van der Waals surface area contributed by atoms with Crippen LogP contribution in [0.15, 0.2) is 34.7 Å². The van der Waals surface area contributed by atoms with Crippen LogP contribution in [0.4, 0.5) is 5.13 Å². The second-order valence-corrected chi connectivity index (χ2v) is 7.96. The summed E-state index contributed by atoms with van der Waals surface area (Å²) >= 11 is 1.41. The Labute approximate surface area is 171 Å². The molecule has 0 unspecified atom stereocenters. The van der Waals surface area contributed by atoms with Gasteiger partial charge in [0.1, 0.15) is 0 Å². The third-order valence-corrected chi connectivity index (χ3v) is 4.99. The molecule has 1 heterocycles. The van der Waals surface area contributed by atoms with Gasteiger partial charge in [-0.2, -0.15) is 5.10 Å². The van der Waals surface area contributed by atoms with E-state index in [0.717, 1.165) is 12.1 Å². The van der Waals surface area contributed by atoms with Gasteiger partial charge < -0.3 is 4.74 Å². The maximum absolute atomic E-state index is 11.5. The zero-order valence-electron chi connectivity index (χ0n) is 17.3. The number of hydrazone groups is 1. The minimum absolute atomic E-state index is 0.181. The Hall–Kier alpha value is -2.25. The average Bonchev–Trinajstić information content (AvgIpc) is 3.07. The minimum Gasteiger partial charge on any atom is -0.466 e. The summed E-state index contributed by atoms with van der Waals surface area (Å²) in [6, 6.07) is 9.36. The second-order valence-electron chi connectivity index (χ2n) is 7.10. The van der Waals surface area contributed by atoms with Crippen molar-refractivity contribution in [3.05, 3.63) is 46.5 Å². The summed E-state index contributed by atoms with van der Waals surface area (Å²) < 4.78 is 4.93. The predicted octanol–water partition coefficient (Wildman–Crippen LogP) is 4.31. The summed E-state index contributed by atoms with van der Waals surface area (Å²) in [6.45, 7) is 12.0. The molecule has 2 rings (SSSR count). The highest BCUT2D eigenvalue weighted by Crippen LogP contribution is 2.16. The van der Waals surface area contributed by atoms with Crippen LogP contribution in [0.3, 0.4) is 0 Å². The number of esters is 1. The van der Waals surface area contributed by atoms with Crippen molar-refractivity contribution in [1.29, 1.82) is 0 Å². The van der Waals surface area contributed by atoms with Crippen molar-refractivity contribution in [1.82, 2.24) is 9.88 Å². The number of thiazole rings is 1. The van der Waals surface area contributed by atoms with E-state index in [2.05, 4.69) is 66.3 Å². The first kappa shape index (κ1) is 22.0. The van der Waals surface area contributed by atoms with Crippen molar-refractivity contribution in [2.75, 3.05) is 12.0 Å². The van der Waals surface area contributed by atoms with E-state index in [1.165, 1.54) is 16.9 Å². The summed E-state index contributed by atoms with van der Waals surface area (Å²) in [5, 5.41) is 6.76. The molecule has 0 fully saturated rings. The lowest BCUT2D eigenvalue weighted by molar-refractivity contribution is -0.142. The van der Waals surface area contributed by atoms with Crippen LogP contribution in [0.5, 0.6) is 0 Å². The number of ether oxygens (including phenoxy) is 1. The molecule has 2 aromatic rings. The molecule has 0 aliphatic carbocycles. The van der Waals surface area contributed by atoms with Crippen LogP contribution < -0.4 is 5.43 Å². The number of carbonyl (C=O) groups is 1. The van der Waals surface area contributed by atoms with E-state index in [0.29, 0.717) is 29.5 Å². The van der Waals surface area contributed by atoms with Crippen LogP contribution in [-0.4, -0.2) is 40.8 Å². The molecule has 1 aromatic carbocycles. The fourth-order valence-electron chi connectivity index (χ4n) is 2.91. The van der Waals surface area contributed by atoms with Crippen molar-refractivity contribution >= 4 is 28.7 Å². The standard InChI is InChI=1S/C21H30N4O2S/c1-6-27-20(26)11-19-14-28-21(23-19)24-22-12-17-8-7-9-18(10-17)13-25(15(2)3)16(4)5/h7-10,12,14-16H,6,11,13H2,1-5H3,(H,23,24). The highest BCUT2D eigenvalue weighted by Gasteiger charge is 2.13. The number of benzene rings is 1. The molecule has 6 nitrogen and oxygen atoms in total. The second kappa shape index (κ2) is 10.9. The molecule has 0 aliphatic rings. The first-order valence-electron chi connectivity index (χ1n) is 9.62. The number of anilines is 1. The maximum Gasteiger partial charge on any atom is 0.311 e. The van der Waals surface area contributed by atoms with Gasteiger partial charge in [-0.15, -0.1) is 11.3 Å². The lowest BCUT2D eigenvalue weighted by Gasteiger charge is -2.30. The van der Waals surface area contributed by atoms with Crippen LogP contribution in [0.25, 0.3) is 0 Å². The Balaban J connectivity index is 1.94. The van der Waals surface area contributed by atoms with Gasteiger partial charge in [0.05, 0.1) is 24.9 Å². The average molecular weight is 403 g/mol. The molecule has 0 aliphatic heterocycles. The van der Waals surface area contributed by atoms with Gasteiger partial charge in [0.2, 0.25) is 5.13 Å². The number of aromatic nitrogens is 1. The monoisotopic (exact) mass is 402 g/mol. The molecule has 28 heavy (non-hydrogen) atoms. The lowest BCUT2D eigenvalue weighted by atomic mass is 10.1. The summed E-state index contributed by atoms with van der Waals surface area (Å²) in [7, 11) is 0. The van der Waals surface area contributed by atoms with Gasteiger partial charge in [0, 0.05) is 24.0 Å². The van der Waals surface area contributed by atoms with E-state index in [1.54, 1.807) is 13.1 Å². The molecular weight excluding hydrogens is 372 g/mol. The highest BCUT2D eigenvalue weighted by atomic mass is 32.1. The number of nitrogens with zero attached hydrogens (tertiary/aromatic N) is 3. The Morgan fingerprint density at radius 1 is 1.32 bits per heavy atom. The smallest absolute Gasteiger partial charge is 0.311 e. The van der Waals surface area contributed by atoms with Crippen LogP contribution in [0.1, 0.15) is 51.4 Å². The molecular formula is C21H30N4O2S. The Kier molecular flexibility index (Phi) is 8.60. The number of nitrogens with one attached hydrogen (secondary N) is 1. The Morgan fingerprint density at radius 3 is 2.75 bits per heavy atom. The minimum atomic E-state index is -0.267. The van der Waals surface area contributed by atoms with Crippen LogP contribution >= 0.6 is 11.3 Å². The Morgan fingerprint density at radius 2 is 2.07 bits per heavy atom. The Bertz CT molecular complexity index is 778. The predicted molar refractivity (Wildman–Crippen MR) is 116 cm³/mol. The number of hydrogen-bond donors (Lipinski definition) is 1. The molecule has 0 spiro atoms. The zero-order chi connectivity index (χ0) is 20.5. The van der Waals surface area contributed by atoms with E-state index in [9.17, 15) is 4.79 Å². The molecule has 152 valence electrons. The number of hydrogen-bond acceptors (Lipinski definition) is 7. The highest BCUT2D eigenvalue weighted by molar-refractivity contribution is 7.13. The zero-order valence-corrected chi connectivity index (χ0v) is 18.1. The first-order valence-corrected chi connectivity index (χ1v) is 10.5. The van der Waals surface area contributed by atoms with Crippen LogP contribution in [0.2, 0.25) is 0 Å². The van der Waals surface area contributed by atoms with Crippen molar-refractivity contribution in [2.45, 2.75) is 59.7 Å². The summed E-state index contributed by atoms with van der Waals surface area (Å²) in [4.78, 5) is 18.3. The fraction of sp³-hybridized carbons (Fsp3) is 0.476. The molecule has 0 saturated carbocycles. The quantitative estimate of drug-likeness (QED) is 0.364. The van der Waals surface area contributed by atoms with Gasteiger partial charge in [0.25, 0.3) is 0 Å². The van der Waals surface area contributed by atoms with Gasteiger partial charge >= 0.3 is 5.97 Å². The molecule has 1 aromatic heterocycles. The van der Waals surface area contributed by atoms with Crippen molar-refractivity contribution in [3.8, 4) is 0 Å². The number of carbonyl (C=O) groups excluding carboxylic acids is 1. The molecule has 0 atom stereocenters. The van der Waals surface area contributed by atoms with E-state index in [-0.39, 0.29) is 12.4 Å². The van der Waals surface area contributed by atoms with Crippen molar-refractivity contribution in [2.24, 2.45) is 5.10 Å². The molecule has 0 saturated heterocycles. The van der Waals surface area contributed by atoms with Gasteiger partial charge in [-0.3, -0.25) is 15.1 Å². The van der Waals surface area contributed by atoms with Gasteiger partial charge in [-0.05, 0) is 51.8 Å². The number of rotatable bonds is 10. The van der Waals surface area contributed by atoms with Crippen LogP contribution in [0, 0.1) is 0 Å². The van der Waals surface area contributed by atoms with E-state index < -0.39 is 0 Å². The molecule has 7 heteroatoms. The van der Waals surface area contributed by atoms with Gasteiger partial charge in [-0.1, -0.05) is 18.2 Å². The fourth-order valence-corrected chi connectivity index (χ4v) is 3.56. The van der Waals surface area contributed by atoms with E-state index in [4.69, 9.17) is 4.74 Å².